The highest BCUT2D eigenvalue weighted by Crippen LogP contribution is 2.34. The van der Waals surface area contributed by atoms with Crippen molar-refractivity contribution in [2.24, 2.45) is 0 Å². The van der Waals surface area contributed by atoms with Crippen LogP contribution in [0.1, 0.15) is 48.2 Å². The van der Waals surface area contributed by atoms with Crippen molar-refractivity contribution in [1.29, 1.82) is 0 Å². The Kier molecular flexibility index (Phi) is 3.82. The van der Waals surface area contributed by atoms with Crippen LogP contribution in [0, 0.1) is 0 Å². The normalized spacial score (nSPS) is 20.4. The number of rotatable bonds is 2. The number of thiophene rings is 1. The summed E-state index contributed by atoms with van der Waals surface area (Å²) in [5.41, 5.74) is -1.12. The SMILES string of the molecule is O=C(c1sccc1Br)C1(O)CCCCCC1. The van der Waals surface area contributed by atoms with Gasteiger partial charge in [0.05, 0.1) is 4.88 Å². The van der Waals surface area contributed by atoms with Crippen LogP contribution in [0.5, 0.6) is 0 Å². The molecule has 1 saturated carbocycles. The Morgan fingerprint density at radius 2 is 1.94 bits per heavy atom. The highest BCUT2D eigenvalue weighted by atomic mass is 79.9. The molecule has 2 nitrogen and oxygen atoms in total. The van der Waals surface area contributed by atoms with Crippen LogP contribution in [0.4, 0.5) is 0 Å². The molecule has 0 unspecified atom stereocenters. The van der Waals surface area contributed by atoms with E-state index in [1.165, 1.54) is 11.3 Å². The second-order valence-electron chi connectivity index (χ2n) is 4.37. The maximum absolute atomic E-state index is 12.3. The van der Waals surface area contributed by atoms with Gasteiger partial charge in [-0.15, -0.1) is 11.3 Å². The fraction of sp³-hybridized carbons (Fsp3) is 0.583. The molecule has 2 rings (SSSR count). The van der Waals surface area contributed by atoms with Crippen LogP contribution in [0.25, 0.3) is 0 Å². The van der Waals surface area contributed by atoms with Crippen LogP contribution in [-0.4, -0.2) is 16.5 Å². The van der Waals surface area contributed by atoms with Gasteiger partial charge in [-0.2, -0.15) is 0 Å². The number of hydrogen-bond donors (Lipinski definition) is 1. The Morgan fingerprint density at radius 3 is 2.44 bits per heavy atom. The van der Waals surface area contributed by atoms with E-state index in [0.29, 0.717) is 17.7 Å². The second kappa shape index (κ2) is 4.98. The van der Waals surface area contributed by atoms with E-state index in [1.807, 2.05) is 11.4 Å². The van der Waals surface area contributed by atoms with Crippen molar-refractivity contribution in [2.45, 2.75) is 44.1 Å². The van der Waals surface area contributed by atoms with Crippen LogP contribution in [0.2, 0.25) is 0 Å². The van der Waals surface area contributed by atoms with Gasteiger partial charge in [-0.25, -0.2) is 0 Å². The number of Topliss-reactive ketones (excluding diaryl/α,β-unsaturated/α-hetero) is 1. The van der Waals surface area contributed by atoms with Crippen molar-refractivity contribution < 1.29 is 9.90 Å². The number of carbonyl (C=O) groups excluding carboxylic acids is 1. The Balaban J connectivity index is 2.22. The average Bonchev–Trinajstić information content (AvgIpc) is 2.55. The first kappa shape index (κ1) is 12.3. The van der Waals surface area contributed by atoms with Crippen molar-refractivity contribution in [3.8, 4) is 0 Å². The van der Waals surface area contributed by atoms with Crippen LogP contribution >= 0.6 is 27.3 Å². The van der Waals surface area contributed by atoms with Gasteiger partial charge in [0.15, 0.2) is 0 Å². The smallest absolute Gasteiger partial charge is 0.205 e. The van der Waals surface area contributed by atoms with Crippen molar-refractivity contribution in [2.75, 3.05) is 0 Å². The summed E-state index contributed by atoms with van der Waals surface area (Å²) in [6.45, 7) is 0. The fourth-order valence-corrected chi connectivity index (χ4v) is 3.79. The van der Waals surface area contributed by atoms with E-state index in [4.69, 9.17) is 0 Å². The molecule has 1 N–H and O–H groups in total. The predicted molar refractivity (Wildman–Crippen MR) is 69.0 cm³/mol. The number of halogens is 1. The first-order valence-corrected chi connectivity index (χ1v) is 7.31. The minimum atomic E-state index is -1.12. The highest BCUT2D eigenvalue weighted by Gasteiger charge is 2.37. The lowest BCUT2D eigenvalue weighted by Crippen LogP contribution is -2.37. The van der Waals surface area contributed by atoms with Gasteiger partial charge in [-0.1, -0.05) is 25.7 Å². The Hall–Kier alpha value is -0.190. The molecule has 4 heteroatoms. The maximum Gasteiger partial charge on any atom is 0.205 e. The summed E-state index contributed by atoms with van der Waals surface area (Å²) >= 11 is 4.76. The standard InChI is InChI=1S/C12H15BrO2S/c13-9-5-8-16-10(9)11(14)12(15)6-3-1-2-4-7-12/h5,8,15H,1-4,6-7H2. The summed E-state index contributed by atoms with van der Waals surface area (Å²) in [7, 11) is 0. The number of aliphatic hydroxyl groups is 1. The number of hydrogen-bond acceptors (Lipinski definition) is 3. The molecule has 0 aliphatic heterocycles. The number of ketones is 1. The molecule has 1 fully saturated rings. The Labute approximate surface area is 108 Å². The molecule has 88 valence electrons. The lowest BCUT2D eigenvalue weighted by atomic mass is 9.89. The average molecular weight is 303 g/mol. The molecule has 0 amide bonds. The van der Waals surface area contributed by atoms with E-state index in [1.54, 1.807) is 0 Å². The summed E-state index contributed by atoms with van der Waals surface area (Å²) in [5.74, 6) is -0.101. The van der Waals surface area contributed by atoms with Crippen LogP contribution in [0.3, 0.4) is 0 Å². The van der Waals surface area contributed by atoms with E-state index >= 15 is 0 Å². The van der Waals surface area contributed by atoms with Gasteiger partial charge in [-0.05, 0) is 40.2 Å². The number of carbonyl (C=O) groups is 1. The Morgan fingerprint density at radius 1 is 1.31 bits per heavy atom. The third kappa shape index (κ3) is 2.39. The van der Waals surface area contributed by atoms with E-state index in [9.17, 15) is 9.90 Å². The molecule has 1 aromatic heterocycles. The minimum absolute atomic E-state index is 0.101. The van der Waals surface area contributed by atoms with Gasteiger partial charge < -0.3 is 5.11 Å². The predicted octanol–water partition coefficient (Wildman–Crippen LogP) is 3.78. The molecule has 0 bridgehead atoms. The van der Waals surface area contributed by atoms with E-state index in [2.05, 4.69) is 15.9 Å². The van der Waals surface area contributed by atoms with Crippen molar-refractivity contribution in [3.05, 3.63) is 20.8 Å². The third-order valence-corrected chi connectivity index (χ3v) is 5.01. The molecule has 0 spiro atoms. The van der Waals surface area contributed by atoms with Gasteiger partial charge in [0.2, 0.25) is 5.78 Å². The summed E-state index contributed by atoms with van der Waals surface area (Å²) in [4.78, 5) is 12.9. The second-order valence-corrected chi connectivity index (χ2v) is 6.14. The van der Waals surface area contributed by atoms with E-state index in [-0.39, 0.29) is 5.78 Å². The van der Waals surface area contributed by atoms with Crippen molar-refractivity contribution in [1.82, 2.24) is 0 Å². The Bertz CT molecular complexity index is 378. The fourth-order valence-electron chi connectivity index (χ4n) is 2.21. The molecule has 1 aromatic rings. The zero-order valence-electron chi connectivity index (χ0n) is 9.04. The topological polar surface area (TPSA) is 37.3 Å². The molecular weight excluding hydrogens is 288 g/mol. The summed E-state index contributed by atoms with van der Waals surface area (Å²) in [5, 5.41) is 12.3. The largest absolute Gasteiger partial charge is 0.382 e. The molecule has 1 aliphatic carbocycles. The molecule has 1 aliphatic rings. The quantitative estimate of drug-likeness (QED) is 0.667. The maximum atomic E-state index is 12.3. The van der Waals surface area contributed by atoms with Gasteiger partial charge in [0.1, 0.15) is 5.60 Å². The summed E-state index contributed by atoms with van der Waals surface area (Å²) < 4.78 is 0.806. The lowest BCUT2D eigenvalue weighted by Gasteiger charge is -2.24. The van der Waals surface area contributed by atoms with E-state index < -0.39 is 5.60 Å². The third-order valence-electron chi connectivity index (χ3n) is 3.18. The molecule has 0 aromatic carbocycles. The summed E-state index contributed by atoms with van der Waals surface area (Å²) in [6.07, 6.45) is 5.37. The summed E-state index contributed by atoms with van der Waals surface area (Å²) in [6, 6.07) is 1.86. The molecular formula is C12H15BrO2S. The van der Waals surface area contributed by atoms with E-state index in [0.717, 1.165) is 30.2 Å². The van der Waals surface area contributed by atoms with Crippen LogP contribution < -0.4 is 0 Å². The molecule has 1 heterocycles. The monoisotopic (exact) mass is 302 g/mol. The van der Waals surface area contributed by atoms with Crippen molar-refractivity contribution >= 4 is 33.0 Å². The van der Waals surface area contributed by atoms with Gasteiger partial charge >= 0.3 is 0 Å². The van der Waals surface area contributed by atoms with Gasteiger partial charge in [-0.3, -0.25) is 4.79 Å². The molecule has 16 heavy (non-hydrogen) atoms. The molecule has 0 atom stereocenters. The van der Waals surface area contributed by atoms with Crippen molar-refractivity contribution in [3.63, 3.8) is 0 Å². The first-order chi connectivity index (χ1) is 7.63. The highest BCUT2D eigenvalue weighted by molar-refractivity contribution is 9.10. The minimum Gasteiger partial charge on any atom is -0.382 e. The zero-order chi connectivity index (χ0) is 11.6. The van der Waals surface area contributed by atoms with Crippen LogP contribution in [0.15, 0.2) is 15.9 Å². The van der Waals surface area contributed by atoms with Gasteiger partial charge in [0.25, 0.3) is 0 Å². The van der Waals surface area contributed by atoms with Crippen LogP contribution in [-0.2, 0) is 0 Å². The molecule has 0 radical (unpaired) electrons. The molecule has 0 saturated heterocycles. The zero-order valence-corrected chi connectivity index (χ0v) is 11.4. The first-order valence-electron chi connectivity index (χ1n) is 5.64. The van der Waals surface area contributed by atoms with Gasteiger partial charge in [0, 0.05) is 4.47 Å². The lowest BCUT2D eigenvalue weighted by molar-refractivity contribution is 0.0241.